The molecule has 0 unspecified atom stereocenters. The number of allylic oxidation sites excluding steroid dienone is 1. The smallest absolute Gasteiger partial charge is 0.305 e. The summed E-state index contributed by atoms with van der Waals surface area (Å²) in [5.74, 6) is 0.703. The molecule has 0 aliphatic heterocycles. The number of sulfone groups is 1. The van der Waals surface area contributed by atoms with Gasteiger partial charge in [0, 0.05) is 50.7 Å². The summed E-state index contributed by atoms with van der Waals surface area (Å²) in [6.45, 7) is 42.1. The summed E-state index contributed by atoms with van der Waals surface area (Å²) in [6.07, 6.45) is 2.92. The Morgan fingerprint density at radius 3 is 1.15 bits per heavy atom. The van der Waals surface area contributed by atoms with Crippen LogP contribution >= 0.6 is 0 Å². The lowest BCUT2D eigenvalue weighted by molar-refractivity contribution is -0.140. The zero-order valence-electron chi connectivity index (χ0n) is 39.0. The topological polar surface area (TPSA) is 154 Å². The molecule has 0 rings (SSSR count). The number of carboxylic acids is 1. The van der Waals surface area contributed by atoms with Gasteiger partial charge in [0.05, 0.1) is 17.3 Å². The van der Waals surface area contributed by atoms with E-state index in [0.29, 0.717) is 24.1 Å². The molecule has 330 valence electrons. The van der Waals surface area contributed by atoms with Crippen molar-refractivity contribution in [2.75, 3.05) is 61.2 Å². The highest BCUT2D eigenvalue weighted by Gasteiger charge is 2.05. The van der Waals surface area contributed by atoms with Crippen LogP contribution in [-0.4, -0.2) is 120 Å². The maximum atomic E-state index is 10.6. The normalized spacial score (nSPS) is 10.1. The number of nitrogens with zero attached hydrogens (tertiary/aromatic N) is 2. The Labute approximate surface area is 334 Å². The monoisotopic (exact) mass is 790 g/mol. The second-order valence-electron chi connectivity index (χ2n) is 15.2. The van der Waals surface area contributed by atoms with E-state index in [0.717, 1.165) is 31.2 Å². The van der Waals surface area contributed by atoms with Crippen molar-refractivity contribution in [1.82, 2.24) is 20.4 Å². The van der Waals surface area contributed by atoms with Gasteiger partial charge in [0.15, 0.2) is 0 Å². The molecule has 0 radical (unpaired) electrons. The molecule has 0 aromatic heterocycles. The first-order valence-electron chi connectivity index (χ1n) is 18.9. The quantitative estimate of drug-likeness (QED) is 0.152. The summed E-state index contributed by atoms with van der Waals surface area (Å²) in [6, 6.07) is 1.02. The minimum Gasteiger partial charge on any atom is -0.481 e. The van der Waals surface area contributed by atoms with E-state index in [1.165, 1.54) is 12.7 Å². The zero-order chi connectivity index (χ0) is 44.0. The number of nitrogens with two attached hydrogens (primary N) is 1. The van der Waals surface area contributed by atoms with Crippen LogP contribution in [0.2, 0.25) is 0 Å². The predicted molar refractivity (Wildman–Crippen MR) is 239 cm³/mol. The molecule has 11 nitrogen and oxygen atoms in total. The Morgan fingerprint density at radius 1 is 0.774 bits per heavy atom. The van der Waals surface area contributed by atoms with Crippen LogP contribution < -0.4 is 16.4 Å². The van der Waals surface area contributed by atoms with Crippen LogP contribution in [-0.2, 0) is 24.2 Å². The largest absolute Gasteiger partial charge is 0.481 e. The number of amides is 1. The van der Waals surface area contributed by atoms with E-state index in [1.807, 2.05) is 48.5 Å². The molecule has 0 aromatic carbocycles. The van der Waals surface area contributed by atoms with Crippen LogP contribution in [0.4, 0.5) is 0 Å². The molecular formula is C41H99N5O6S. The molecule has 1 amide bonds. The molecule has 5 N–H and O–H groups in total. The number of carboxylic acid groups (broad SMARTS) is 1. The first kappa shape index (κ1) is 72.5. The Bertz CT molecular complexity index is 840. The summed E-state index contributed by atoms with van der Waals surface area (Å²) < 4.78 is 25.4. The fraction of sp³-hybridized carbons (Fsp3) is 0.902. The average molecular weight is 790 g/mol. The fourth-order valence-corrected chi connectivity index (χ4v) is 1.02. The van der Waals surface area contributed by atoms with Crippen molar-refractivity contribution in [3.8, 4) is 0 Å². The van der Waals surface area contributed by atoms with Crippen molar-refractivity contribution in [3.63, 3.8) is 0 Å². The fourth-order valence-electron chi connectivity index (χ4n) is 1.02. The number of carbonyl (C=O) groups excluding carboxylic acids is 1. The van der Waals surface area contributed by atoms with Gasteiger partial charge in [0.1, 0.15) is 9.84 Å². The number of rotatable bonds is 12. The van der Waals surface area contributed by atoms with Crippen LogP contribution in [0, 0.1) is 23.7 Å². The third kappa shape index (κ3) is 106. The van der Waals surface area contributed by atoms with Crippen LogP contribution in [0.25, 0.3) is 0 Å². The lowest BCUT2D eigenvalue weighted by Crippen LogP contribution is -2.27. The highest BCUT2D eigenvalue weighted by atomic mass is 32.2. The van der Waals surface area contributed by atoms with Crippen molar-refractivity contribution >= 4 is 21.7 Å². The van der Waals surface area contributed by atoms with E-state index in [9.17, 15) is 18.0 Å². The number of carbonyl (C=O) groups is 2. The second kappa shape index (κ2) is 48.3. The zero-order valence-corrected chi connectivity index (χ0v) is 39.8. The molecule has 0 heterocycles. The lowest BCUT2D eigenvalue weighted by Gasteiger charge is -2.15. The molecule has 53 heavy (non-hydrogen) atoms. The van der Waals surface area contributed by atoms with E-state index in [1.54, 1.807) is 34.8 Å². The Morgan fingerprint density at radius 2 is 1.06 bits per heavy atom. The highest BCUT2D eigenvalue weighted by molar-refractivity contribution is 7.91. The summed E-state index contributed by atoms with van der Waals surface area (Å²) in [5, 5.41) is 13.7. The van der Waals surface area contributed by atoms with Gasteiger partial charge in [-0.25, -0.2) is 8.42 Å². The average Bonchev–Trinajstić information content (AvgIpc) is 2.97. The van der Waals surface area contributed by atoms with Crippen molar-refractivity contribution in [3.05, 3.63) is 12.3 Å². The SMILES string of the molecule is C.C=C(NCCN(C)C)C(C)C.CC(C)C(=O)O.CC(C)N.CC(C)N(C)C.CC(C)S(C)(=O)=O.CCC(C)C.CCNC(=O)C(C)C.COC(C)C. The Kier molecular flexibility index (Phi) is 66.1. The third-order valence-corrected chi connectivity index (χ3v) is 7.87. The molecule has 0 atom stereocenters. The van der Waals surface area contributed by atoms with Gasteiger partial charge in [0.2, 0.25) is 5.91 Å². The van der Waals surface area contributed by atoms with Gasteiger partial charge in [-0.2, -0.15) is 0 Å². The molecule has 0 aliphatic carbocycles. The number of nitrogens with one attached hydrogen (secondary N) is 2. The van der Waals surface area contributed by atoms with Gasteiger partial charge in [-0.15, -0.1) is 0 Å². The standard InChI is InChI=1S/C9H20N2.C6H13NO.C5H13N.C5H12.C4H10O2S.C4H8O2.C4H10O.C3H9N.CH4/c1-8(2)9(3)10-6-7-11(4)5;1-4-7-6(8)5(2)3;1-5(2)6(3)4;1-4-5(2)3;1-4(2)7(3,5)6;1-3(2)4(5)6;1-4(2)5-3;1-3(2)4;/h8,10H,3,6-7H2,1-2,4-5H3;5H,4H2,1-3H3,(H,7,8);5H,1-4H3;5H,4H2,1-3H3;4H,1-3H3;3H,1-2H3,(H,5,6);4H,1-3H3;3H,4H2,1-2H3;1H4. The maximum absolute atomic E-state index is 10.6. The van der Waals surface area contributed by atoms with Gasteiger partial charge in [0.25, 0.3) is 0 Å². The molecule has 0 saturated heterocycles. The van der Waals surface area contributed by atoms with Gasteiger partial charge >= 0.3 is 5.97 Å². The van der Waals surface area contributed by atoms with Crippen LogP contribution in [0.3, 0.4) is 0 Å². The number of aliphatic carboxylic acids is 1. The van der Waals surface area contributed by atoms with Crippen molar-refractivity contribution < 1.29 is 27.9 Å². The number of methoxy groups -OCH3 is 1. The van der Waals surface area contributed by atoms with E-state index in [-0.39, 0.29) is 30.4 Å². The van der Waals surface area contributed by atoms with Crippen LogP contribution in [0.1, 0.15) is 138 Å². The molecule has 0 bridgehead atoms. The minimum absolute atomic E-state index is 0. The first-order chi connectivity index (χ1) is 23.2. The summed E-state index contributed by atoms with van der Waals surface area (Å²) in [7, 11) is 7.25. The number of hydrogen-bond acceptors (Lipinski definition) is 9. The second-order valence-corrected chi connectivity index (χ2v) is 17.8. The van der Waals surface area contributed by atoms with E-state index >= 15 is 0 Å². The molecule has 0 aromatic rings. The summed E-state index contributed by atoms with van der Waals surface area (Å²) in [5.41, 5.74) is 6.24. The summed E-state index contributed by atoms with van der Waals surface area (Å²) >= 11 is 0. The third-order valence-electron chi connectivity index (χ3n) is 6.15. The minimum atomic E-state index is -2.74. The molecule has 12 heteroatoms. The maximum Gasteiger partial charge on any atom is 0.305 e. The highest BCUT2D eigenvalue weighted by Crippen LogP contribution is 2.01. The predicted octanol–water partition coefficient (Wildman–Crippen LogP) is 8.29. The lowest BCUT2D eigenvalue weighted by atomic mass is 10.1. The summed E-state index contributed by atoms with van der Waals surface area (Å²) in [4.78, 5) is 24.7. The van der Waals surface area contributed by atoms with Crippen molar-refractivity contribution in [1.29, 1.82) is 0 Å². The van der Waals surface area contributed by atoms with Crippen molar-refractivity contribution in [2.24, 2.45) is 29.4 Å². The number of ether oxygens (including phenoxy) is 1. The van der Waals surface area contributed by atoms with E-state index in [4.69, 9.17) is 15.6 Å². The number of likely N-dealkylation sites (N-methyl/N-ethyl adjacent to an activating group) is 1. The molecule has 0 aliphatic rings. The van der Waals surface area contributed by atoms with Gasteiger partial charge in [-0.05, 0) is 94.5 Å². The van der Waals surface area contributed by atoms with E-state index < -0.39 is 15.8 Å². The van der Waals surface area contributed by atoms with Gasteiger partial charge in [-0.3, -0.25) is 9.59 Å². The van der Waals surface area contributed by atoms with Crippen LogP contribution in [0.5, 0.6) is 0 Å². The first-order valence-corrected chi connectivity index (χ1v) is 20.9. The van der Waals surface area contributed by atoms with E-state index in [2.05, 4.69) is 104 Å². The Balaban J connectivity index is -0.0000000606. The van der Waals surface area contributed by atoms with Crippen LogP contribution in [0.15, 0.2) is 12.3 Å². The molecule has 0 saturated carbocycles. The Hall–Kier alpha value is -1.73. The van der Waals surface area contributed by atoms with Crippen molar-refractivity contribution in [2.45, 2.75) is 162 Å². The number of hydrogen-bond donors (Lipinski definition) is 4. The van der Waals surface area contributed by atoms with Gasteiger partial charge < -0.3 is 36.0 Å². The molecular weight excluding hydrogens is 691 g/mol. The molecule has 0 spiro atoms. The molecule has 0 fully saturated rings. The van der Waals surface area contributed by atoms with Gasteiger partial charge in [-0.1, -0.05) is 96.6 Å².